The molecule has 0 radical (unpaired) electrons. The number of hydrogen-bond donors (Lipinski definition) is 0. The van der Waals surface area contributed by atoms with Crippen molar-refractivity contribution in [3.8, 4) is 45.5 Å². The fourth-order valence-corrected chi connectivity index (χ4v) is 8.24. The average molecular weight is 569 g/mol. The second kappa shape index (κ2) is 9.68. The second-order valence-corrected chi connectivity index (χ2v) is 12.5. The standard InChI is InChI=1S/C38H20N2S2/c39-21-23-12-15-35-33(16-23)31-14-13-24(20-37(31)42-35)26-17-27(29-7-2-1-6-25(29)22-40)19-28(18-26)30-9-5-11-36-38(30)32-8-3-4-10-34(32)41-36/h1-20H. The minimum Gasteiger partial charge on any atom is -0.192 e. The van der Waals surface area contributed by atoms with Crippen molar-refractivity contribution in [3.63, 3.8) is 0 Å². The molecule has 0 unspecified atom stereocenters. The van der Waals surface area contributed by atoms with Gasteiger partial charge in [0.25, 0.3) is 0 Å². The van der Waals surface area contributed by atoms with E-state index < -0.39 is 0 Å². The van der Waals surface area contributed by atoms with Gasteiger partial charge in [-0.1, -0.05) is 60.7 Å². The maximum Gasteiger partial charge on any atom is 0.0998 e. The molecule has 0 saturated heterocycles. The Labute approximate surface area is 250 Å². The number of thiophene rings is 2. The van der Waals surface area contributed by atoms with E-state index in [2.05, 4.69) is 91.0 Å². The molecule has 0 aliphatic heterocycles. The molecular formula is C38H20N2S2. The molecule has 2 aromatic heterocycles. The van der Waals surface area contributed by atoms with E-state index >= 15 is 0 Å². The van der Waals surface area contributed by atoms with E-state index in [0.29, 0.717) is 11.1 Å². The van der Waals surface area contributed by atoms with Gasteiger partial charge in [-0.2, -0.15) is 10.5 Å². The van der Waals surface area contributed by atoms with Gasteiger partial charge in [0.1, 0.15) is 0 Å². The summed E-state index contributed by atoms with van der Waals surface area (Å²) >= 11 is 3.57. The summed E-state index contributed by atoms with van der Waals surface area (Å²) in [7, 11) is 0. The van der Waals surface area contributed by atoms with Crippen LogP contribution < -0.4 is 0 Å². The third-order valence-electron chi connectivity index (χ3n) is 7.94. The van der Waals surface area contributed by atoms with Crippen LogP contribution >= 0.6 is 22.7 Å². The summed E-state index contributed by atoms with van der Waals surface area (Å²) in [4.78, 5) is 0. The highest BCUT2D eigenvalue weighted by Gasteiger charge is 2.15. The van der Waals surface area contributed by atoms with E-state index in [9.17, 15) is 10.5 Å². The van der Waals surface area contributed by atoms with Crippen LogP contribution in [-0.2, 0) is 0 Å². The van der Waals surface area contributed by atoms with Gasteiger partial charge in [-0.05, 0) is 94.0 Å². The van der Waals surface area contributed by atoms with Crippen LogP contribution in [0.25, 0.3) is 73.7 Å². The minimum atomic E-state index is 0.660. The predicted octanol–water partition coefficient (Wildman–Crippen LogP) is 11.2. The number of nitriles is 2. The number of hydrogen-bond acceptors (Lipinski definition) is 4. The molecule has 0 spiro atoms. The summed E-state index contributed by atoms with van der Waals surface area (Å²) in [6, 6.07) is 46.9. The van der Waals surface area contributed by atoms with Gasteiger partial charge in [-0.25, -0.2) is 0 Å². The summed E-state index contributed by atoms with van der Waals surface area (Å²) in [5, 5.41) is 24.2. The molecule has 42 heavy (non-hydrogen) atoms. The maximum atomic E-state index is 9.94. The first-order chi connectivity index (χ1) is 20.7. The van der Waals surface area contributed by atoms with E-state index in [0.717, 1.165) is 38.6 Å². The van der Waals surface area contributed by atoms with Crippen LogP contribution in [-0.4, -0.2) is 0 Å². The lowest BCUT2D eigenvalue weighted by atomic mass is 9.90. The first kappa shape index (κ1) is 24.5. The highest BCUT2D eigenvalue weighted by molar-refractivity contribution is 7.26. The number of rotatable bonds is 3. The molecule has 0 aliphatic rings. The molecule has 8 rings (SSSR count). The van der Waals surface area contributed by atoms with Crippen molar-refractivity contribution in [1.29, 1.82) is 10.5 Å². The number of fused-ring (bicyclic) bond motifs is 6. The van der Waals surface area contributed by atoms with Gasteiger partial charge >= 0.3 is 0 Å². The zero-order valence-corrected chi connectivity index (χ0v) is 23.9. The molecule has 0 amide bonds. The molecule has 0 aliphatic carbocycles. The topological polar surface area (TPSA) is 47.6 Å². The summed E-state index contributed by atoms with van der Waals surface area (Å²) in [6.07, 6.45) is 0. The lowest BCUT2D eigenvalue weighted by Gasteiger charge is -2.13. The highest BCUT2D eigenvalue weighted by Crippen LogP contribution is 2.43. The van der Waals surface area contributed by atoms with Crippen LogP contribution in [0.1, 0.15) is 11.1 Å². The molecule has 0 saturated carbocycles. The first-order valence-electron chi connectivity index (χ1n) is 13.6. The summed E-state index contributed by atoms with van der Waals surface area (Å²) in [5.74, 6) is 0. The molecule has 0 N–H and O–H groups in total. The van der Waals surface area contributed by atoms with Crippen LogP contribution in [0, 0.1) is 22.7 Å². The van der Waals surface area contributed by atoms with Gasteiger partial charge in [0.2, 0.25) is 0 Å². The largest absolute Gasteiger partial charge is 0.192 e. The SMILES string of the molecule is N#Cc1ccc2sc3cc(-c4cc(-c5ccccc5C#N)cc(-c5cccc6sc7ccccc7c56)c4)ccc3c2c1. The molecule has 6 aromatic carbocycles. The van der Waals surface area contributed by atoms with Crippen LogP contribution in [0.4, 0.5) is 0 Å². The van der Waals surface area contributed by atoms with Gasteiger partial charge in [0.15, 0.2) is 0 Å². The molecule has 8 aromatic rings. The van der Waals surface area contributed by atoms with Crippen molar-refractivity contribution in [2.24, 2.45) is 0 Å². The Hall–Kier alpha value is -5.26. The average Bonchev–Trinajstić information content (AvgIpc) is 3.62. The monoisotopic (exact) mass is 568 g/mol. The Kier molecular flexibility index (Phi) is 5.66. The van der Waals surface area contributed by atoms with Gasteiger partial charge in [0.05, 0.1) is 23.3 Å². The number of benzene rings is 6. The van der Waals surface area contributed by atoms with Crippen molar-refractivity contribution in [1.82, 2.24) is 0 Å². The van der Waals surface area contributed by atoms with Gasteiger partial charge in [0, 0.05) is 40.3 Å². The zero-order chi connectivity index (χ0) is 28.2. The van der Waals surface area contributed by atoms with Crippen molar-refractivity contribution < 1.29 is 0 Å². The third kappa shape index (κ3) is 3.90. The van der Waals surface area contributed by atoms with Crippen molar-refractivity contribution in [2.45, 2.75) is 0 Å². The molecule has 2 heterocycles. The van der Waals surface area contributed by atoms with Crippen LogP contribution in [0.3, 0.4) is 0 Å². The molecular weight excluding hydrogens is 549 g/mol. The fraction of sp³-hybridized carbons (Fsp3) is 0. The molecule has 194 valence electrons. The Balaban J connectivity index is 1.39. The van der Waals surface area contributed by atoms with E-state index in [1.165, 1.54) is 35.1 Å². The third-order valence-corrected chi connectivity index (χ3v) is 10.2. The summed E-state index contributed by atoms with van der Waals surface area (Å²) < 4.78 is 4.91. The number of nitrogens with zero attached hydrogens (tertiary/aromatic N) is 2. The van der Waals surface area contributed by atoms with Crippen molar-refractivity contribution in [2.75, 3.05) is 0 Å². The van der Waals surface area contributed by atoms with Crippen LogP contribution in [0.2, 0.25) is 0 Å². The second-order valence-electron chi connectivity index (χ2n) is 10.4. The smallest absolute Gasteiger partial charge is 0.0998 e. The quantitative estimate of drug-likeness (QED) is 0.213. The Morgan fingerprint density at radius 3 is 2.02 bits per heavy atom. The van der Waals surface area contributed by atoms with Gasteiger partial charge in [-0.15, -0.1) is 22.7 Å². The van der Waals surface area contributed by atoms with Crippen molar-refractivity contribution >= 4 is 63.0 Å². The normalized spacial score (nSPS) is 11.3. The summed E-state index contributed by atoms with van der Waals surface area (Å²) in [6.45, 7) is 0. The molecule has 0 atom stereocenters. The van der Waals surface area contributed by atoms with E-state index in [-0.39, 0.29) is 0 Å². The zero-order valence-electron chi connectivity index (χ0n) is 22.3. The van der Waals surface area contributed by atoms with Crippen LogP contribution in [0.15, 0.2) is 121 Å². The molecule has 2 nitrogen and oxygen atoms in total. The van der Waals surface area contributed by atoms with Crippen molar-refractivity contribution in [3.05, 3.63) is 132 Å². The van der Waals surface area contributed by atoms with E-state index in [1.807, 2.05) is 53.8 Å². The minimum absolute atomic E-state index is 0.660. The molecule has 4 heteroatoms. The lowest BCUT2D eigenvalue weighted by Crippen LogP contribution is -1.89. The highest BCUT2D eigenvalue weighted by atomic mass is 32.1. The lowest BCUT2D eigenvalue weighted by molar-refractivity contribution is 1.48. The molecule has 0 bridgehead atoms. The van der Waals surface area contributed by atoms with Crippen LogP contribution in [0.5, 0.6) is 0 Å². The maximum absolute atomic E-state index is 9.94. The van der Waals surface area contributed by atoms with Gasteiger partial charge in [-0.3, -0.25) is 0 Å². The molecule has 0 fully saturated rings. The van der Waals surface area contributed by atoms with E-state index in [1.54, 1.807) is 11.3 Å². The fourth-order valence-electron chi connectivity index (χ4n) is 5.98. The van der Waals surface area contributed by atoms with Gasteiger partial charge < -0.3 is 0 Å². The summed E-state index contributed by atoms with van der Waals surface area (Å²) in [5.41, 5.74) is 7.82. The Morgan fingerprint density at radius 2 is 1.14 bits per heavy atom. The first-order valence-corrected chi connectivity index (χ1v) is 15.3. The Bertz CT molecular complexity index is 2450. The van der Waals surface area contributed by atoms with E-state index in [4.69, 9.17) is 0 Å². The predicted molar refractivity (Wildman–Crippen MR) is 178 cm³/mol. The Morgan fingerprint density at radius 1 is 0.429 bits per heavy atom.